The Labute approximate surface area is 104 Å². The van der Waals surface area contributed by atoms with Crippen molar-refractivity contribution in [1.82, 2.24) is 10.2 Å². The Balaban J connectivity index is 1.79. The molecule has 0 aromatic rings. The fourth-order valence-electron chi connectivity index (χ4n) is 2.82. The Morgan fingerprint density at radius 2 is 2.18 bits per heavy atom. The van der Waals surface area contributed by atoms with Gasteiger partial charge in [0.15, 0.2) is 0 Å². The van der Waals surface area contributed by atoms with Crippen LogP contribution >= 0.6 is 0 Å². The topological polar surface area (TPSA) is 41.6 Å². The van der Waals surface area contributed by atoms with Crippen molar-refractivity contribution in [1.29, 1.82) is 0 Å². The third-order valence-corrected chi connectivity index (χ3v) is 3.45. The van der Waals surface area contributed by atoms with Gasteiger partial charge in [0.2, 0.25) is 0 Å². The number of carbonyl (C=O) groups excluding carboxylic acids is 1. The average Bonchev–Trinajstić information content (AvgIpc) is 2.55. The quantitative estimate of drug-likeness (QED) is 0.732. The summed E-state index contributed by atoms with van der Waals surface area (Å²) in [6, 6.07) is 0.589. The number of rotatable bonds is 2. The molecule has 2 saturated heterocycles. The molecule has 0 aromatic carbocycles. The molecule has 98 valence electrons. The predicted octanol–water partition coefficient (Wildman–Crippen LogP) is 1.01. The first kappa shape index (κ1) is 12.8. The molecule has 0 aliphatic carbocycles. The van der Waals surface area contributed by atoms with Gasteiger partial charge in [-0.3, -0.25) is 9.69 Å². The van der Waals surface area contributed by atoms with Crippen molar-refractivity contribution < 1.29 is 9.53 Å². The Bertz CT molecular complexity index is 272. The summed E-state index contributed by atoms with van der Waals surface area (Å²) in [5, 5.41) is 3.54. The summed E-state index contributed by atoms with van der Waals surface area (Å²) in [4.78, 5) is 14.0. The summed E-state index contributed by atoms with van der Waals surface area (Å²) in [7, 11) is 0. The van der Waals surface area contributed by atoms with E-state index in [9.17, 15) is 4.79 Å². The highest BCUT2D eigenvalue weighted by Crippen LogP contribution is 2.24. The van der Waals surface area contributed by atoms with Crippen LogP contribution in [-0.4, -0.2) is 48.7 Å². The van der Waals surface area contributed by atoms with Crippen molar-refractivity contribution >= 4 is 5.97 Å². The monoisotopic (exact) mass is 240 g/mol. The molecule has 0 aromatic heterocycles. The van der Waals surface area contributed by atoms with Gasteiger partial charge in [0.25, 0.3) is 0 Å². The van der Waals surface area contributed by atoms with E-state index in [0.717, 1.165) is 25.6 Å². The summed E-state index contributed by atoms with van der Waals surface area (Å²) in [6.45, 7) is 9.33. The van der Waals surface area contributed by atoms with Gasteiger partial charge in [-0.15, -0.1) is 0 Å². The van der Waals surface area contributed by atoms with E-state index in [1.807, 2.05) is 20.8 Å². The number of nitrogens with zero attached hydrogens (tertiary/aromatic N) is 1. The van der Waals surface area contributed by atoms with Gasteiger partial charge < -0.3 is 10.1 Å². The molecule has 0 unspecified atom stereocenters. The van der Waals surface area contributed by atoms with Gasteiger partial charge in [0.05, 0.1) is 6.54 Å². The summed E-state index contributed by atoms with van der Waals surface area (Å²) in [5.41, 5.74) is -0.373. The molecule has 4 nitrogen and oxygen atoms in total. The number of hydrogen-bond donors (Lipinski definition) is 1. The van der Waals surface area contributed by atoms with Crippen LogP contribution in [0.2, 0.25) is 0 Å². The van der Waals surface area contributed by atoms with Crippen LogP contribution in [0.15, 0.2) is 0 Å². The summed E-state index contributed by atoms with van der Waals surface area (Å²) in [5.74, 6) is 0.627. The van der Waals surface area contributed by atoms with E-state index in [4.69, 9.17) is 4.74 Å². The summed E-state index contributed by atoms with van der Waals surface area (Å²) >= 11 is 0. The molecule has 2 atom stereocenters. The van der Waals surface area contributed by atoms with Gasteiger partial charge in [-0.25, -0.2) is 0 Å². The molecule has 0 amide bonds. The van der Waals surface area contributed by atoms with Gasteiger partial charge in [-0.2, -0.15) is 0 Å². The second-order valence-electron chi connectivity index (χ2n) is 6.24. The van der Waals surface area contributed by atoms with E-state index < -0.39 is 0 Å². The first-order valence-corrected chi connectivity index (χ1v) is 6.61. The molecule has 0 radical (unpaired) electrons. The number of fused-ring (bicyclic) bond motifs is 1. The third kappa shape index (κ3) is 3.68. The molecule has 2 aliphatic rings. The van der Waals surface area contributed by atoms with Gasteiger partial charge in [0.1, 0.15) is 5.60 Å². The van der Waals surface area contributed by atoms with Crippen LogP contribution in [0.25, 0.3) is 0 Å². The largest absolute Gasteiger partial charge is 0.459 e. The van der Waals surface area contributed by atoms with E-state index in [0.29, 0.717) is 12.6 Å². The first-order chi connectivity index (χ1) is 7.94. The number of hydrogen-bond acceptors (Lipinski definition) is 4. The smallest absolute Gasteiger partial charge is 0.320 e. The lowest BCUT2D eigenvalue weighted by Crippen LogP contribution is -2.41. The van der Waals surface area contributed by atoms with Crippen LogP contribution in [0.1, 0.15) is 33.6 Å². The number of carbonyl (C=O) groups is 1. The maximum Gasteiger partial charge on any atom is 0.320 e. The summed E-state index contributed by atoms with van der Waals surface area (Å²) in [6.07, 6.45) is 2.56. The fraction of sp³-hybridized carbons (Fsp3) is 0.923. The predicted molar refractivity (Wildman–Crippen MR) is 66.8 cm³/mol. The molecule has 0 saturated carbocycles. The van der Waals surface area contributed by atoms with Crippen LogP contribution in [0.4, 0.5) is 0 Å². The van der Waals surface area contributed by atoms with Gasteiger partial charge in [0, 0.05) is 19.1 Å². The van der Waals surface area contributed by atoms with Gasteiger partial charge in [-0.1, -0.05) is 0 Å². The number of esters is 1. The van der Waals surface area contributed by atoms with E-state index >= 15 is 0 Å². The SMILES string of the molecule is CC(C)(C)OC(=O)CN1C[C@@H]2CCCN[C@@H]2C1. The molecule has 17 heavy (non-hydrogen) atoms. The highest BCUT2D eigenvalue weighted by molar-refractivity contribution is 5.72. The van der Waals surface area contributed by atoms with Crippen molar-refractivity contribution in [2.45, 2.75) is 45.3 Å². The minimum Gasteiger partial charge on any atom is -0.459 e. The Morgan fingerprint density at radius 1 is 1.41 bits per heavy atom. The maximum absolute atomic E-state index is 11.7. The molecule has 0 spiro atoms. The van der Waals surface area contributed by atoms with Crippen molar-refractivity contribution in [3.8, 4) is 0 Å². The van der Waals surface area contributed by atoms with Gasteiger partial charge in [-0.05, 0) is 46.1 Å². The third-order valence-electron chi connectivity index (χ3n) is 3.45. The van der Waals surface area contributed by atoms with E-state index in [1.165, 1.54) is 12.8 Å². The summed E-state index contributed by atoms with van der Waals surface area (Å²) < 4.78 is 5.35. The minimum absolute atomic E-state index is 0.101. The van der Waals surface area contributed by atoms with Crippen molar-refractivity contribution in [2.24, 2.45) is 5.92 Å². The lowest BCUT2D eigenvalue weighted by molar-refractivity contribution is -0.155. The molecular weight excluding hydrogens is 216 g/mol. The van der Waals surface area contributed by atoms with E-state index in [1.54, 1.807) is 0 Å². The molecule has 2 aliphatic heterocycles. The Morgan fingerprint density at radius 3 is 2.82 bits per heavy atom. The van der Waals surface area contributed by atoms with E-state index in [-0.39, 0.29) is 11.6 Å². The lowest BCUT2D eigenvalue weighted by Gasteiger charge is -2.24. The van der Waals surface area contributed by atoms with Crippen LogP contribution < -0.4 is 5.32 Å². The van der Waals surface area contributed by atoms with Crippen LogP contribution in [0.5, 0.6) is 0 Å². The molecule has 2 rings (SSSR count). The van der Waals surface area contributed by atoms with Crippen LogP contribution in [0, 0.1) is 5.92 Å². The zero-order valence-corrected chi connectivity index (χ0v) is 11.2. The molecule has 2 fully saturated rings. The standard InChI is InChI=1S/C13H24N2O2/c1-13(2,3)17-12(16)9-15-7-10-5-4-6-14-11(10)8-15/h10-11,14H,4-9H2,1-3H3/t10-,11+/m0/s1. The highest BCUT2D eigenvalue weighted by atomic mass is 16.6. The number of piperidine rings is 1. The zero-order valence-electron chi connectivity index (χ0n) is 11.2. The number of nitrogens with one attached hydrogen (secondary N) is 1. The zero-order chi connectivity index (χ0) is 12.5. The van der Waals surface area contributed by atoms with Crippen LogP contribution in [-0.2, 0) is 9.53 Å². The second kappa shape index (κ2) is 4.94. The van der Waals surface area contributed by atoms with Crippen LogP contribution in [0.3, 0.4) is 0 Å². The maximum atomic E-state index is 11.7. The Kier molecular flexibility index (Phi) is 3.73. The number of likely N-dealkylation sites (tertiary alicyclic amines) is 1. The average molecular weight is 240 g/mol. The highest BCUT2D eigenvalue weighted by Gasteiger charge is 2.35. The van der Waals surface area contributed by atoms with E-state index in [2.05, 4.69) is 10.2 Å². The molecular formula is C13H24N2O2. The lowest BCUT2D eigenvalue weighted by atomic mass is 9.94. The normalized spacial score (nSPS) is 30.1. The second-order valence-corrected chi connectivity index (χ2v) is 6.24. The minimum atomic E-state index is -0.373. The van der Waals surface area contributed by atoms with Crippen molar-refractivity contribution in [3.63, 3.8) is 0 Å². The van der Waals surface area contributed by atoms with Crippen molar-refractivity contribution in [3.05, 3.63) is 0 Å². The molecule has 0 bridgehead atoms. The molecule has 1 N–H and O–H groups in total. The first-order valence-electron chi connectivity index (χ1n) is 6.61. The molecule has 2 heterocycles. The Hall–Kier alpha value is -0.610. The number of ether oxygens (including phenoxy) is 1. The van der Waals surface area contributed by atoms with Crippen molar-refractivity contribution in [2.75, 3.05) is 26.2 Å². The van der Waals surface area contributed by atoms with Gasteiger partial charge >= 0.3 is 5.97 Å². The fourth-order valence-corrected chi connectivity index (χ4v) is 2.82. The molecule has 4 heteroatoms.